The first-order valence-corrected chi connectivity index (χ1v) is 8.21. The molecular formula is C17H21N3S. The highest BCUT2D eigenvalue weighted by molar-refractivity contribution is 8.15. The van der Waals surface area contributed by atoms with E-state index in [-0.39, 0.29) is 0 Å². The molecule has 4 heteroatoms. The van der Waals surface area contributed by atoms with Crippen LogP contribution in [0.15, 0.2) is 41.5 Å². The molecule has 0 fully saturated rings. The number of benzene rings is 1. The average molecular weight is 299 g/mol. The molecule has 21 heavy (non-hydrogen) atoms. The van der Waals surface area contributed by atoms with E-state index in [2.05, 4.69) is 48.2 Å². The number of pyridine rings is 1. The lowest BCUT2D eigenvalue weighted by Crippen LogP contribution is -2.16. The van der Waals surface area contributed by atoms with E-state index in [1.807, 2.05) is 36.2 Å². The van der Waals surface area contributed by atoms with Crippen LogP contribution in [0.4, 0.5) is 5.69 Å². The van der Waals surface area contributed by atoms with Crippen LogP contribution in [0.3, 0.4) is 0 Å². The minimum Gasteiger partial charge on any atom is -0.334 e. The van der Waals surface area contributed by atoms with E-state index in [4.69, 9.17) is 0 Å². The van der Waals surface area contributed by atoms with E-state index >= 15 is 0 Å². The smallest absolute Gasteiger partial charge is 0.161 e. The number of nitrogens with one attached hydrogen (secondary N) is 1. The van der Waals surface area contributed by atoms with Crippen molar-refractivity contribution in [2.24, 2.45) is 10.4 Å². The molecule has 0 amide bonds. The molecule has 0 radical (unpaired) electrons. The van der Waals surface area contributed by atoms with Crippen molar-refractivity contribution < 1.29 is 0 Å². The predicted octanol–water partition coefficient (Wildman–Crippen LogP) is 4.55. The van der Waals surface area contributed by atoms with Gasteiger partial charge in [-0.1, -0.05) is 38.6 Å². The van der Waals surface area contributed by atoms with Gasteiger partial charge in [0.15, 0.2) is 5.17 Å². The van der Waals surface area contributed by atoms with Gasteiger partial charge in [0, 0.05) is 22.5 Å². The highest BCUT2D eigenvalue weighted by Gasteiger charge is 2.25. The van der Waals surface area contributed by atoms with Gasteiger partial charge < -0.3 is 5.32 Å². The Morgan fingerprint density at radius 3 is 2.90 bits per heavy atom. The van der Waals surface area contributed by atoms with Crippen LogP contribution in [0.5, 0.6) is 0 Å². The van der Waals surface area contributed by atoms with Gasteiger partial charge in [-0.15, -0.1) is 0 Å². The standard InChI is InChI=1S/C17H21N3S/c1-17(2,3)10-12-11-19-16(21-12)20-15-8-4-7-14-13(15)6-5-9-18-14/h4-9,12H,10-11H2,1-3H3,(H,19,20). The van der Waals surface area contributed by atoms with E-state index in [1.165, 1.54) is 6.42 Å². The fourth-order valence-corrected chi connectivity index (χ4v) is 3.97. The zero-order chi connectivity index (χ0) is 14.9. The zero-order valence-electron chi connectivity index (χ0n) is 12.8. The Balaban J connectivity index is 1.73. The first-order chi connectivity index (χ1) is 10.0. The first kappa shape index (κ1) is 14.4. The van der Waals surface area contributed by atoms with Gasteiger partial charge in [-0.2, -0.15) is 0 Å². The van der Waals surface area contributed by atoms with Crippen LogP contribution in [0, 0.1) is 5.41 Å². The molecule has 1 atom stereocenters. The molecule has 2 aromatic rings. The SMILES string of the molecule is CC(C)(C)CC1CN=C(Nc2cccc3ncccc23)S1. The second-order valence-corrected chi connectivity index (χ2v) is 7.94. The molecule has 1 aromatic heterocycles. The van der Waals surface area contributed by atoms with E-state index in [9.17, 15) is 0 Å². The van der Waals surface area contributed by atoms with Gasteiger partial charge in [0.05, 0.1) is 12.1 Å². The van der Waals surface area contributed by atoms with Crippen molar-refractivity contribution in [1.29, 1.82) is 0 Å². The Hall–Kier alpha value is -1.55. The molecule has 3 nitrogen and oxygen atoms in total. The lowest BCUT2D eigenvalue weighted by Gasteiger charge is -2.21. The molecule has 0 aliphatic carbocycles. The van der Waals surface area contributed by atoms with Crippen LogP contribution in [0.25, 0.3) is 10.9 Å². The van der Waals surface area contributed by atoms with Gasteiger partial charge >= 0.3 is 0 Å². The van der Waals surface area contributed by atoms with Crippen molar-refractivity contribution in [3.8, 4) is 0 Å². The number of aromatic nitrogens is 1. The lowest BCUT2D eigenvalue weighted by atomic mass is 9.90. The predicted molar refractivity (Wildman–Crippen MR) is 93.1 cm³/mol. The van der Waals surface area contributed by atoms with Gasteiger partial charge in [0.1, 0.15) is 0 Å². The van der Waals surface area contributed by atoms with E-state index in [0.717, 1.165) is 28.3 Å². The summed E-state index contributed by atoms with van der Waals surface area (Å²) >= 11 is 1.86. The van der Waals surface area contributed by atoms with Crippen molar-refractivity contribution in [3.05, 3.63) is 36.5 Å². The number of hydrogen-bond donors (Lipinski definition) is 1. The fraction of sp³-hybridized carbons (Fsp3) is 0.412. The Bertz CT molecular complexity index is 668. The Labute approximate surface area is 130 Å². The molecule has 1 aromatic carbocycles. The normalized spacial score (nSPS) is 18.8. The first-order valence-electron chi connectivity index (χ1n) is 7.33. The molecular weight excluding hydrogens is 278 g/mol. The third-order valence-corrected chi connectivity index (χ3v) is 4.55. The van der Waals surface area contributed by atoms with E-state index < -0.39 is 0 Å². The summed E-state index contributed by atoms with van der Waals surface area (Å²) in [4.78, 5) is 9.04. The zero-order valence-corrected chi connectivity index (χ0v) is 13.6. The Morgan fingerprint density at radius 2 is 2.10 bits per heavy atom. The van der Waals surface area contributed by atoms with Gasteiger partial charge in [-0.05, 0) is 36.1 Å². The summed E-state index contributed by atoms with van der Waals surface area (Å²) in [5, 5.41) is 6.23. The van der Waals surface area contributed by atoms with Crippen LogP contribution in [-0.2, 0) is 0 Å². The number of anilines is 1. The summed E-state index contributed by atoms with van der Waals surface area (Å²) in [6.45, 7) is 7.77. The second-order valence-electron chi connectivity index (χ2n) is 6.65. The molecule has 0 spiro atoms. The molecule has 0 bridgehead atoms. The maximum Gasteiger partial charge on any atom is 0.161 e. The molecule has 2 heterocycles. The summed E-state index contributed by atoms with van der Waals surface area (Å²) in [6.07, 6.45) is 3.01. The van der Waals surface area contributed by atoms with Crippen molar-refractivity contribution in [2.45, 2.75) is 32.4 Å². The maximum atomic E-state index is 4.65. The van der Waals surface area contributed by atoms with Crippen molar-refractivity contribution >= 4 is 33.5 Å². The largest absolute Gasteiger partial charge is 0.334 e. The van der Waals surface area contributed by atoms with Crippen LogP contribution >= 0.6 is 11.8 Å². The van der Waals surface area contributed by atoms with Crippen LogP contribution < -0.4 is 5.32 Å². The van der Waals surface area contributed by atoms with Gasteiger partial charge in [-0.25, -0.2) is 0 Å². The summed E-state index contributed by atoms with van der Waals surface area (Å²) < 4.78 is 0. The van der Waals surface area contributed by atoms with E-state index in [1.54, 1.807) is 0 Å². The third kappa shape index (κ3) is 3.56. The Kier molecular flexibility index (Phi) is 3.89. The highest BCUT2D eigenvalue weighted by Crippen LogP contribution is 2.33. The molecule has 1 unspecified atom stereocenters. The fourth-order valence-electron chi connectivity index (χ4n) is 2.60. The van der Waals surface area contributed by atoms with Crippen molar-refractivity contribution in [1.82, 2.24) is 4.98 Å². The molecule has 3 rings (SSSR count). The topological polar surface area (TPSA) is 37.3 Å². The average Bonchev–Trinajstić information content (AvgIpc) is 2.84. The maximum absolute atomic E-state index is 4.65. The summed E-state index contributed by atoms with van der Waals surface area (Å²) in [5.74, 6) is 0. The lowest BCUT2D eigenvalue weighted by molar-refractivity contribution is 0.375. The van der Waals surface area contributed by atoms with Crippen LogP contribution in [-0.4, -0.2) is 21.9 Å². The Morgan fingerprint density at radius 1 is 1.24 bits per heavy atom. The summed E-state index contributed by atoms with van der Waals surface area (Å²) in [7, 11) is 0. The van der Waals surface area contributed by atoms with Crippen molar-refractivity contribution in [2.75, 3.05) is 11.9 Å². The number of aliphatic imine (C=N–C) groups is 1. The van der Waals surface area contributed by atoms with Crippen LogP contribution in [0.1, 0.15) is 27.2 Å². The number of rotatable bonds is 2. The highest BCUT2D eigenvalue weighted by atomic mass is 32.2. The molecule has 1 aliphatic rings. The molecule has 1 N–H and O–H groups in total. The number of nitrogens with zero attached hydrogens (tertiary/aromatic N) is 2. The van der Waals surface area contributed by atoms with Gasteiger partial charge in [0.25, 0.3) is 0 Å². The van der Waals surface area contributed by atoms with Crippen LogP contribution in [0.2, 0.25) is 0 Å². The second kappa shape index (κ2) is 5.68. The molecule has 1 aliphatic heterocycles. The minimum atomic E-state index is 0.353. The van der Waals surface area contributed by atoms with Gasteiger partial charge in [0.2, 0.25) is 0 Å². The van der Waals surface area contributed by atoms with E-state index in [0.29, 0.717) is 10.7 Å². The van der Waals surface area contributed by atoms with Crippen molar-refractivity contribution in [3.63, 3.8) is 0 Å². The number of thioether (sulfide) groups is 1. The number of hydrogen-bond acceptors (Lipinski definition) is 4. The minimum absolute atomic E-state index is 0.353. The quantitative estimate of drug-likeness (QED) is 0.883. The summed E-state index contributed by atoms with van der Waals surface area (Å²) in [6, 6.07) is 10.2. The van der Waals surface area contributed by atoms with Gasteiger partial charge in [-0.3, -0.25) is 9.98 Å². The molecule has 110 valence electrons. The molecule has 0 saturated heterocycles. The number of amidine groups is 1. The monoisotopic (exact) mass is 299 g/mol. The summed E-state index contributed by atoms with van der Waals surface area (Å²) in [5.41, 5.74) is 2.45. The third-order valence-electron chi connectivity index (χ3n) is 3.44. The molecule has 0 saturated carbocycles. The number of fused-ring (bicyclic) bond motifs is 1.